The van der Waals surface area contributed by atoms with Crippen LogP contribution in [0.4, 0.5) is 0 Å². The van der Waals surface area contributed by atoms with Crippen LogP contribution in [-0.2, 0) is 0 Å². The first-order valence-electron chi connectivity index (χ1n) is 7.27. The fourth-order valence-electron chi connectivity index (χ4n) is 2.35. The van der Waals surface area contributed by atoms with Gasteiger partial charge in [-0.1, -0.05) is 60.7 Å². The second-order valence-electron chi connectivity index (χ2n) is 5.35. The van der Waals surface area contributed by atoms with Gasteiger partial charge in [-0.15, -0.1) is 0 Å². The lowest BCUT2D eigenvalue weighted by Crippen LogP contribution is -2.01. The minimum Gasteiger partial charge on any atom is -0.213 e. The smallest absolute Gasteiger partial charge is 0.163 e. The van der Waals surface area contributed by atoms with E-state index in [2.05, 4.69) is 15.0 Å². The van der Waals surface area contributed by atoms with Gasteiger partial charge in [0.1, 0.15) is 5.82 Å². The molecule has 102 valence electrons. The zero-order chi connectivity index (χ0) is 14.1. The van der Waals surface area contributed by atoms with Gasteiger partial charge in [-0.2, -0.15) is 0 Å². The van der Waals surface area contributed by atoms with E-state index >= 15 is 0 Å². The van der Waals surface area contributed by atoms with Gasteiger partial charge in [-0.25, -0.2) is 15.0 Å². The molecule has 0 aliphatic heterocycles. The Morgan fingerprint density at radius 1 is 0.619 bits per heavy atom. The molecule has 2 aromatic carbocycles. The molecule has 1 fully saturated rings. The Hall–Kier alpha value is -2.55. The van der Waals surface area contributed by atoms with Crippen LogP contribution < -0.4 is 0 Å². The molecule has 1 heterocycles. The fourth-order valence-corrected chi connectivity index (χ4v) is 2.35. The molecule has 21 heavy (non-hydrogen) atoms. The summed E-state index contributed by atoms with van der Waals surface area (Å²) in [5.74, 6) is 2.98. The Morgan fingerprint density at radius 2 is 1.10 bits per heavy atom. The highest BCUT2D eigenvalue weighted by atomic mass is 15.0. The maximum absolute atomic E-state index is 4.67. The van der Waals surface area contributed by atoms with E-state index in [1.807, 2.05) is 60.7 Å². The SMILES string of the molecule is c1ccc(-c2nc(-c3ccccc3)nc(C3CC3)n2)cc1. The van der Waals surface area contributed by atoms with Crippen LogP contribution in [-0.4, -0.2) is 15.0 Å². The first kappa shape index (κ1) is 12.2. The minimum atomic E-state index is 0.512. The van der Waals surface area contributed by atoms with Crippen molar-refractivity contribution in [2.45, 2.75) is 18.8 Å². The molecule has 3 aromatic rings. The minimum absolute atomic E-state index is 0.512. The largest absolute Gasteiger partial charge is 0.213 e. The van der Waals surface area contributed by atoms with E-state index in [1.54, 1.807) is 0 Å². The van der Waals surface area contributed by atoms with E-state index in [4.69, 9.17) is 0 Å². The Bertz CT molecular complexity index is 692. The van der Waals surface area contributed by atoms with E-state index in [9.17, 15) is 0 Å². The van der Waals surface area contributed by atoms with Crippen molar-refractivity contribution in [1.82, 2.24) is 15.0 Å². The third-order valence-electron chi connectivity index (χ3n) is 3.66. The van der Waals surface area contributed by atoms with Gasteiger partial charge in [-0.3, -0.25) is 0 Å². The van der Waals surface area contributed by atoms with Crippen LogP contribution in [0, 0.1) is 0 Å². The Balaban J connectivity index is 1.86. The summed E-state index contributed by atoms with van der Waals surface area (Å²) in [5, 5.41) is 0. The maximum atomic E-state index is 4.67. The van der Waals surface area contributed by atoms with Gasteiger partial charge in [0.15, 0.2) is 11.6 Å². The Morgan fingerprint density at radius 3 is 1.52 bits per heavy atom. The van der Waals surface area contributed by atoms with Gasteiger partial charge >= 0.3 is 0 Å². The Kier molecular flexibility index (Phi) is 2.96. The molecule has 0 amide bonds. The third kappa shape index (κ3) is 2.55. The quantitative estimate of drug-likeness (QED) is 0.721. The van der Waals surface area contributed by atoms with Crippen LogP contribution in [0.5, 0.6) is 0 Å². The maximum Gasteiger partial charge on any atom is 0.163 e. The van der Waals surface area contributed by atoms with Gasteiger partial charge in [0.05, 0.1) is 0 Å². The van der Waals surface area contributed by atoms with Gasteiger partial charge in [0, 0.05) is 17.0 Å². The van der Waals surface area contributed by atoms with E-state index < -0.39 is 0 Å². The standard InChI is InChI=1S/C18H15N3/c1-3-7-13(8-4-1)16-19-17(14-9-5-2-6-10-14)21-18(20-16)15-11-12-15/h1-10,15H,11-12H2. The molecule has 1 saturated carbocycles. The summed E-state index contributed by atoms with van der Waals surface area (Å²) >= 11 is 0. The third-order valence-corrected chi connectivity index (χ3v) is 3.66. The molecular formula is C18H15N3. The van der Waals surface area contributed by atoms with Crippen LogP contribution in [0.2, 0.25) is 0 Å². The molecule has 1 aromatic heterocycles. The van der Waals surface area contributed by atoms with Gasteiger partial charge in [0.2, 0.25) is 0 Å². The molecule has 0 bridgehead atoms. The molecule has 0 unspecified atom stereocenters. The molecule has 0 radical (unpaired) electrons. The zero-order valence-electron chi connectivity index (χ0n) is 11.6. The van der Waals surface area contributed by atoms with Gasteiger partial charge < -0.3 is 0 Å². The van der Waals surface area contributed by atoms with Crippen molar-refractivity contribution in [3.63, 3.8) is 0 Å². The number of benzene rings is 2. The molecule has 0 saturated heterocycles. The fraction of sp³-hybridized carbons (Fsp3) is 0.167. The number of aromatic nitrogens is 3. The normalized spacial score (nSPS) is 14.1. The lowest BCUT2D eigenvalue weighted by Gasteiger charge is -2.07. The molecule has 4 rings (SSSR count). The number of hydrogen-bond acceptors (Lipinski definition) is 3. The van der Waals surface area contributed by atoms with Crippen molar-refractivity contribution in [2.75, 3.05) is 0 Å². The summed E-state index contributed by atoms with van der Waals surface area (Å²) in [6.07, 6.45) is 2.37. The summed E-state index contributed by atoms with van der Waals surface area (Å²) in [6, 6.07) is 20.2. The number of rotatable bonds is 3. The van der Waals surface area contributed by atoms with Crippen molar-refractivity contribution in [1.29, 1.82) is 0 Å². The van der Waals surface area contributed by atoms with E-state index in [0.717, 1.165) is 28.6 Å². The number of nitrogens with zero attached hydrogens (tertiary/aromatic N) is 3. The van der Waals surface area contributed by atoms with Crippen LogP contribution in [0.3, 0.4) is 0 Å². The monoisotopic (exact) mass is 273 g/mol. The van der Waals surface area contributed by atoms with Crippen molar-refractivity contribution in [3.8, 4) is 22.8 Å². The second kappa shape index (κ2) is 5.09. The second-order valence-corrected chi connectivity index (χ2v) is 5.35. The summed E-state index contributed by atoms with van der Waals surface area (Å²) in [4.78, 5) is 14.0. The van der Waals surface area contributed by atoms with Gasteiger partial charge in [0.25, 0.3) is 0 Å². The molecule has 0 atom stereocenters. The van der Waals surface area contributed by atoms with Crippen LogP contribution in [0.25, 0.3) is 22.8 Å². The first-order valence-corrected chi connectivity index (χ1v) is 7.27. The zero-order valence-corrected chi connectivity index (χ0v) is 11.6. The molecular weight excluding hydrogens is 258 g/mol. The van der Waals surface area contributed by atoms with E-state index in [-0.39, 0.29) is 0 Å². The first-order chi connectivity index (χ1) is 10.4. The lowest BCUT2D eigenvalue weighted by molar-refractivity contribution is 0.899. The van der Waals surface area contributed by atoms with Crippen molar-refractivity contribution in [2.24, 2.45) is 0 Å². The molecule has 0 spiro atoms. The van der Waals surface area contributed by atoms with Crippen molar-refractivity contribution >= 4 is 0 Å². The molecule has 0 N–H and O–H groups in total. The molecule has 3 heteroatoms. The summed E-state index contributed by atoms with van der Waals surface area (Å²) in [6.45, 7) is 0. The summed E-state index contributed by atoms with van der Waals surface area (Å²) in [5.41, 5.74) is 2.08. The molecule has 1 aliphatic carbocycles. The molecule has 3 nitrogen and oxygen atoms in total. The Labute approximate surface area is 123 Å². The lowest BCUT2D eigenvalue weighted by atomic mass is 10.2. The molecule has 1 aliphatic rings. The average Bonchev–Trinajstić information content (AvgIpc) is 3.41. The van der Waals surface area contributed by atoms with Crippen molar-refractivity contribution in [3.05, 3.63) is 66.5 Å². The highest BCUT2D eigenvalue weighted by molar-refractivity contribution is 5.60. The van der Waals surface area contributed by atoms with Gasteiger partial charge in [-0.05, 0) is 12.8 Å². The van der Waals surface area contributed by atoms with E-state index in [0.29, 0.717) is 5.92 Å². The van der Waals surface area contributed by atoms with Crippen LogP contribution >= 0.6 is 0 Å². The van der Waals surface area contributed by atoms with Crippen LogP contribution in [0.15, 0.2) is 60.7 Å². The highest BCUT2D eigenvalue weighted by Crippen LogP contribution is 2.39. The van der Waals surface area contributed by atoms with E-state index in [1.165, 1.54) is 12.8 Å². The number of hydrogen-bond donors (Lipinski definition) is 0. The summed E-state index contributed by atoms with van der Waals surface area (Å²) in [7, 11) is 0. The predicted octanol–water partition coefficient (Wildman–Crippen LogP) is 4.08. The van der Waals surface area contributed by atoms with Crippen molar-refractivity contribution < 1.29 is 0 Å². The van der Waals surface area contributed by atoms with Crippen LogP contribution in [0.1, 0.15) is 24.6 Å². The predicted molar refractivity (Wildman–Crippen MR) is 82.7 cm³/mol. The average molecular weight is 273 g/mol. The topological polar surface area (TPSA) is 38.7 Å². The summed E-state index contributed by atoms with van der Waals surface area (Å²) < 4.78 is 0. The highest BCUT2D eigenvalue weighted by Gasteiger charge is 2.28.